The van der Waals surface area contributed by atoms with Crippen molar-refractivity contribution in [1.82, 2.24) is 24.4 Å². The van der Waals surface area contributed by atoms with Crippen LogP contribution in [0.1, 0.15) is 24.2 Å². The largest absolute Gasteiger partial charge is 0.369 e. The van der Waals surface area contributed by atoms with Gasteiger partial charge in [-0.25, -0.2) is 15.0 Å². The lowest BCUT2D eigenvalue weighted by molar-refractivity contribution is 0.249. The first kappa shape index (κ1) is 18.2. The monoisotopic (exact) mass is 390 g/mol. The molecule has 0 N–H and O–H groups in total. The van der Waals surface area contributed by atoms with Gasteiger partial charge in [-0.1, -0.05) is 0 Å². The quantitative estimate of drug-likeness (QED) is 0.666. The molecule has 1 aliphatic carbocycles. The van der Waals surface area contributed by atoms with Crippen LogP contribution >= 0.6 is 0 Å². The first-order chi connectivity index (χ1) is 14.2. The lowest BCUT2D eigenvalue weighted by Gasteiger charge is -2.36. The summed E-state index contributed by atoms with van der Waals surface area (Å²) >= 11 is 0. The maximum atomic E-state index is 12.7. The van der Waals surface area contributed by atoms with Gasteiger partial charge < -0.3 is 4.90 Å². The number of rotatable bonds is 5. The van der Waals surface area contributed by atoms with Crippen LogP contribution in [0, 0.1) is 12.8 Å². The zero-order valence-corrected chi connectivity index (χ0v) is 16.8. The number of hydrogen-bond donors (Lipinski definition) is 0. The van der Waals surface area contributed by atoms with Crippen LogP contribution in [-0.4, -0.2) is 50.6 Å². The summed E-state index contributed by atoms with van der Waals surface area (Å²) in [6.45, 7) is 7.48. The standard InChI is InChI=1S/C22H26N6O/c1-16-23-11-18(12-24-16)13-26-6-8-27(9-7-26)19-4-5-20-21(10-19)25-15-28(22(20)29)14-17-2-3-17/h4-5,10-12,15,17H,2-3,6-9,13-14H2,1H3. The Balaban J connectivity index is 1.26. The Morgan fingerprint density at radius 2 is 1.79 bits per heavy atom. The van der Waals surface area contributed by atoms with Gasteiger partial charge in [0.05, 0.1) is 17.2 Å². The highest BCUT2D eigenvalue weighted by Gasteiger charge is 2.23. The van der Waals surface area contributed by atoms with Crippen LogP contribution in [0.15, 0.2) is 41.7 Å². The topological polar surface area (TPSA) is 67.2 Å². The van der Waals surface area contributed by atoms with E-state index in [1.807, 2.05) is 25.4 Å². The van der Waals surface area contributed by atoms with E-state index < -0.39 is 0 Å². The molecule has 3 aromatic rings. The van der Waals surface area contributed by atoms with Gasteiger partial charge in [0.25, 0.3) is 5.56 Å². The highest BCUT2D eigenvalue weighted by atomic mass is 16.1. The minimum Gasteiger partial charge on any atom is -0.369 e. The van der Waals surface area contributed by atoms with E-state index in [0.29, 0.717) is 5.92 Å². The van der Waals surface area contributed by atoms with Crippen LogP contribution in [0.2, 0.25) is 0 Å². The summed E-state index contributed by atoms with van der Waals surface area (Å²) in [5.74, 6) is 1.47. The van der Waals surface area contributed by atoms with Gasteiger partial charge in [-0.05, 0) is 43.9 Å². The highest BCUT2D eigenvalue weighted by Crippen LogP contribution is 2.30. The van der Waals surface area contributed by atoms with Crippen molar-refractivity contribution in [3.8, 4) is 0 Å². The molecule has 1 saturated heterocycles. The maximum absolute atomic E-state index is 12.7. The second-order valence-corrected chi connectivity index (χ2v) is 8.25. The second-order valence-electron chi connectivity index (χ2n) is 8.25. The molecule has 1 saturated carbocycles. The average Bonchev–Trinajstić information content (AvgIpc) is 3.56. The number of aryl methyl sites for hydroxylation is 1. The van der Waals surface area contributed by atoms with E-state index in [9.17, 15) is 4.79 Å². The van der Waals surface area contributed by atoms with Crippen LogP contribution in [0.3, 0.4) is 0 Å². The van der Waals surface area contributed by atoms with E-state index in [-0.39, 0.29) is 5.56 Å². The average molecular weight is 390 g/mol. The fourth-order valence-electron chi connectivity index (χ4n) is 3.98. The van der Waals surface area contributed by atoms with Crippen molar-refractivity contribution >= 4 is 16.6 Å². The molecule has 0 spiro atoms. The molecule has 0 unspecified atom stereocenters. The molecule has 2 aliphatic rings. The summed E-state index contributed by atoms with van der Waals surface area (Å²) in [6.07, 6.45) is 8.01. The van der Waals surface area contributed by atoms with Gasteiger partial charge in [-0.15, -0.1) is 0 Å². The van der Waals surface area contributed by atoms with Crippen LogP contribution in [0.4, 0.5) is 5.69 Å². The van der Waals surface area contributed by atoms with Crippen molar-refractivity contribution in [1.29, 1.82) is 0 Å². The van der Waals surface area contributed by atoms with E-state index in [0.717, 1.165) is 67.2 Å². The molecule has 0 radical (unpaired) electrons. The van der Waals surface area contributed by atoms with Crippen molar-refractivity contribution in [2.45, 2.75) is 32.9 Å². The van der Waals surface area contributed by atoms with Crippen LogP contribution in [0.25, 0.3) is 10.9 Å². The number of aromatic nitrogens is 4. The fraction of sp³-hybridized carbons (Fsp3) is 0.455. The first-order valence-corrected chi connectivity index (χ1v) is 10.4. The Bertz CT molecular complexity index is 1060. The lowest BCUT2D eigenvalue weighted by Crippen LogP contribution is -2.46. The van der Waals surface area contributed by atoms with Gasteiger partial charge in [-0.2, -0.15) is 0 Å². The third kappa shape index (κ3) is 4.00. The van der Waals surface area contributed by atoms with Gasteiger partial charge in [0.2, 0.25) is 0 Å². The van der Waals surface area contributed by atoms with Crippen molar-refractivity contribution in [3.05, 3.63) is 58.7 Å². The Hall–Kier alpha value is -2.80. The third-order valence-corrected chi connectivity index (χ3v) is 5.94. The fourth-order valence-corrected chi connectivity index (χ4v) is 3.98. The number of benzene rings is 1. The minimum atomic E-state index is 0.0820. The predicted octanol–water partition coefficient (Wildman–Crippen LogP) is 2.23. The Kier molecular flexibility index (Phi) is 4.75. The lowest BCUT2D eigenvalue weighted by atomic mass is 10.2. The van der Waals surface area contributed by atoms with Gasteiger partial charge in [0.1, 0.15) is 5.82 Å². The predicted molar refractivity (Wildman–Crippen MR) is 113 cm³/mol. The molecule has 1 aliphatic heterocycles. The van der Waals surface area contributed by atoms with Crippen LogP contribution in [0.5, 0.6) is 0 Å². The van der Waals surface area contributed by atoms with Crippen LogP contribution in [-0.2, 0) is 13.1 Å². The molecule has 29 heavy (non-hydrogen) atoms. The number of anilines is 1. The van der Waals surface area contributed by atoms with Gasteiger partial charge in [0, 0.05) is 62.9 Å². The second kappa shape index (κ2) is 7.55. The molecule has 5 rings (SSSR count). The van der Waals surface area contributed by atoms with Gasteiger partial charge in [-0.3, -0.25) is 14.3 Å². The summed E-state index contributed by atoms with van der Waals surface area (Å²) in [4.78, 5) is 30.7. The molecular weight excluding hydrogens is 364 g/mol. The SMILES string of the molecule is Cc1ncc(CN2CCN(c3ccc4c(=O)n(CC5CC5)cnc4c3)CC2)cn1. The van der Waals surface area contributed by atoms with Crippen molar-refractivity contribution in [2.24, 2.45) is 5.92 Å². The van der Waals surface area contributed by atoms with Gasteiger partial charge >= 0.3 is 0 Å². The number of hydrogen-bond acceptors (Lipinski definition) is 6. The first-order valence-electron chi connectivity index (χ1n) is 10.4. The molecule has 150 valence electrons. The molecule has 0 bridgehead atoms. The molecule has 0 atom stereocenters. The van der Waals surface area contributed by atoms with E-state index in [2.05, 4.69) is 36.9 Å². The van der Waals surface area contributed by atoms with Crippen molar-refractivity contribution < 1.29 is 0 Å². The summed E-state index contributed by atoms with van der Waals surface area (Å²) in [5, 5.41) is 0.718. The molecule has 1 aromatic carbocycles. The third-order valence-electron chi connectivity index (χ3n) is 5.94. The molecule has 2 fully saturated rings. The van der Waals surface area contributed by atoms with Gasteiger partial charge in [0.15, 0.2) is 0 Å². The molecule has 0 amide bonds. The van der Waals surface area contributed by atoms with E-state index in [1.165, 1.54) is 12.8 Å². The van der Waals surface area contributed by atoms with Crippen molar-refractivity contribution in [2.75, 3.05) is 31.1 Å². The number of piperazine rings is 1. The normalized spacial score (nSPS) is 17.8. The smallest absolute Gasteiger partial charge is 0.261 e. The molecular formula is C22H26N6O. The Morgan fingerprint density at radius 1 is 1.03 bits per heavy atom. The summed E-state index contributed by atoms with van der Waals surface area (Å²) < 4.78 is 1.77. The summed E-state index contributed by atoms with van der Waals surface area (Å²) in [5.41, 5.74) is 3.17. The maximum Gasteiger partial charge on any atom is 0.261 e. The molecule has 7 heteroatoms. The molecule has 3 heterocycles. The Morgan fingerprint density at radius 3 is 2.52 bits per heavy atom. The number of fused-ring (bicyclic) bond motifs is 1. The molecule has 7 nitrogen and oxygen atoms in total. The highest BCUT2D eigenvalue weighted by molar-refractivity contribution is 5.81. The summed E-state index contributed by atoms with van der Waals surface area (Å²) in [7, 11) is 0. The Labute approximate surface area is 170 Å². The van der Waals surface area contributed by atoms with E-state index >= 15 is 0 Å². The zero-order chi connectivity index (χ0) is 19.8. The number of nitrogens with zero attached hydrogens (tertiary/aromatic N) is 6. The molecule has 2 aromatic heterocycles. The van der Waals surface area contributed by atoms with E-state index in [1.54, 1.807) is 10.9 Å². The van der Waals surface area contributed by atoms with Crippen LogP contribution < -0.4 is 10.5 Å². The summed E-state index contributed by atoms with van der Waals surface area (Å²) in [6, 6.07) is 6.07. The van der Waals surface area contributed by atoms with E-state index in [4.69, 9.17) is 0 Å². The minimum absolute atomic E-state index is 0.0820. The van der Waals surface area contributed by atoms with Crippen molar-refractivity contribution in [3.63, 3.8) is 0 Å². The zero-order valence-electron chi connectivity index (χ0n) is 16.8.